The molecule has 1 amide bonds. The number of fused-ring (bicyclic) bond motifs is 1. The fourth-order valence-electron chi connectivity index (χ4n) is 3.85. The molecule has 2 aromatic carbocycles. The van der Waals surface area contributed by atoms with Crippen molar-refractivity contribution in [2.75, 3.05) is 33.3 Å². The highest BCUT2D eigenvalue weighted by molar-refractivity contribution is 5.98. The summed E-state index contributed by atoms with van der Waals surface area (Å²) in [6.07, 6.45) is 0. The number of rotatable bonds is 5. The summed E-state index contributed by atoms with van der Waals surface area (Å²) in [6.45, 7) is 3.11. The standard InChI is InChI=1S/C20H21N3O5/c1-27-16-3-5-17(6-4-16)28-19-7-2-15(23(25)26)8-18(19)20(24)22-11-13-9-21-10-14(13)12-22/h2-8,13-14,21H,9-12H2,1H3/t13-,14+. The van der Waals surface area contributed by atoms with E-state index in [0.717, 1.165) is 13.1 Å². The first-order chi connectivity index (χ1) is 13.5. The number of ether oxygens (including phenoxy) is 2. The highest BCUT2D eigenvalue weighted by atomic mass is 16.6. The molecule has 2 aliphatic rings. The number of carbonyl (C=O) groups excluding carboxylic acids is 1. The first-order valence-corrected chi connectivity index (χ1v) is 9.15. The van der Waals surface area contributed by atoms with Crippen molar-refractivity contribution < 1.29 is 19.2 Å². The van der Waals surface area contributed by atoms with E-state index < -0.39 is 4.92 Å². The summed E-state index contributed by atoms with van der Waals surface area (Å²) in [5, 5.41) is 14.6. The number of hydrogen-bond acceptors (Lipinski definition) is 6. The van der Waals surface area contributed by atoms with Gasteiger partial charge in [0.15, 0.2) is 0 Å². The number of nitrogens with zero attached hydrogens (tertiary/aromatic N) is 2. The van der Waals surface area contributed by atoms with Crippen LogP contribution in [0.25, 0.3) is 0 Å². The lowest BCUT2D eigenvalue weighted by Crippen LogP contribution is -2.32. The second kappa shape index (κ2) is 7.47. The number of nitrogens with one attached hydrogen (secondary N) is 1. The molecule has 8 heteroatoms. The number of benzene rings is 2. The maximum absolute atomic E-state index is 13.1. The van der Waals surface area contributed by atoms with Crippen LogP contribution >= 0.6 is 0 Å². The summed E-state index contributed by atoms with van der Waals surface area (Å²) >= 11 is 0. The summed E-state index contributed by atoms with van der Waals surface area (Å²) < 4.78 is 11.0. The Hall–Kier alpha value is -3.13. The number of amides is 1. The maximum atomic E-state index is 13.1. The normalized spacial score (nSPS) is 20.7. The third kappa shape index (κ3) is 3.50. The molecular formula is C20H21N3O5. The van der Waals surface area contributed by atoms with Gasteiger partial charge in [0.05, 0.1) is 17.6 Å². The third-order valence-electron chi connectivity index (χ3n) is 5.37. The quantitative estimate of drug-likeness (QED) is 0.630. The fourth-order valence-corrected chi connectivity index (χ4v) is 3.85. The number of nitro groups is 1. The van der Waals surface area contributed by atoms with Crippen molar-refractivity contribution in [2.24, 2.45) is 11.8 Å². The SMILES string of the molecule is COc1ccc(Oc2ccc([N+](=O)[O-])cc2C(=O)N2C[C@H]3CNC[C@H]3C2)cc1. The minimum absolute atomic E-state index is 0.133. The van der Waals surface area contributed by atoms with Crippen LogP contribution in [-0.2, 0) is 0 Å². The van der Waals surface area contributed by atoms with Gasteiger partial charge < -0.3 is 19.7 Å². The molecule has 4 rings (SSSR count). The summed E-state index contributed by atoms with van der Waals surface area (Å²) in [5.74, 6) is 2.15. The lowest BCUT2D eigenvalue weighted by Gasteiger charge is -2.19. The maximum Gasteiger partial charge on any atom is 0.270 e. The van der Waals surface area contributed by atoms with Gasteiger partial charge in [0.25, 0.3) is 11.6 Å². The molecule has 0 unspecified atom stereocenters. The van der Waals surface area contributed by atoms with Crippen LogP contribution in [0.1, 0.15) is 10.4 Å². The van der Waals surface area contributed by atoms with Crippen LogP contribution in [-0.4, -0.2) is 49.0 Å². The van der Waals surface area contributed by atoms with E-state index in [0.29, 0.717) is 42.2 Å². The second-order valence-electron chi connectivity index (χ2n) is 7.10. The highest BCUT2D eigenvalue weighted by Gasteiger charge is 2.39. The van der Waals surface area contributed by atoms with Crippen molar-refractivity contribution in [1.82, 2.24) is 10.2 Å². The van der Waals surface area contributed by atoms with Gasteiger partial charge in [0, 0.05) is 38.3 Å². The van der Waals surface area contributed by atoms with Crippen molar-refractivity contribution in [3.05, 3.63) is 58.1 Å². The Morgan fingerprint density at radius 2 is 1.75 bits per heavy atom. The van der Waals surface area contributed by atoms with E-state index in [9.17, 15) is 14.9 Å². The molecule has 0 spiro atoms. The lowest BCUT2D eigenvalue weighted by atomic mass is 10.0. The summed E-state index contributed by atoms with van der Waals surface area (Å²) in [4.78, 5) is 25.6. The third-order valence-corrected chi connectivity index (χ3v) is 5.37. The lowest BCUT2D eigenvalue weighted by molar-refractivity contribution is -0.384. The van der Waals surface area contributed by atoms with Crippen LogP contribution < -0.4 is 14.8 Å². The molecule has 146 valence electrons. The van der Waals surface area contributed by atoms with Crippen LogP contribution in [0, 0.1) is 22.0 Å². The summed E-state index contributed by atoms with van der Waals surface area (Å²) in [6, 6.07) is 11.1. The average Bonchev–Trinajstić information content (AvgIpc) is 3.30. The van der Waals surface area contributed by atoms with Crippen LogP contribution in [0.4, 0.5) is 5.69 Å². The first kappa shape index (κ1) is 18.2. The van der Waals surface area contributed by atoms with E-state index in [2.05, 4.69) is 5.32 Å². The van der Waals surface area contributed by atoms with Crippen molar-refractivity contribution in [3.8, 4) is 17.2 Å². The van der Waals surface area contributed by atoms with Gasteiger partial charge in [-0.2, -0.15) is 0 Å². The van der Waals surface area contributed by atoms with Crippen LogP contribution in [0.5, 0.6) is 17.2 Å². The molecule has 0 aromatic heterocycles. The summed E-state index contributed by atoms with van der Waals surface area (Å²) in [7, 11) is 1.57. The van der Waals surface area contributed by atoms with Gasteiger partial charge in [-0.1, -0.05) is 0 Å². The molecule has 0 aliphatic carbocycles. The van der Waals surface area contributed by atoms with Gasteiger partial charge in [-0.25, -0.2) is 0 Å². The molecule has 0 radical (unpaired) electrons. The van der Waals surface area contributed by atoms with Crippen molar-refractivity contribution in [3.63, 3.8) is 0 Å². The Balaban J connectivity index is 1.62. The molecule has 0 bridgehead atoms. The number of carbonyl (C=O) groups is 1. The predicted octanol–water partition coefficient (Wildman–Crippen LogP) is 2.69. The molecule has 2 heterocycles. The minimum atomic E-state index is -0.503. The minimum Gasteiger partial charge on any atom is -0.497 e. The van der Waals surface area contributed by atoms with Crippen LogP contribution in [0.15, 0.2) is 42.5 Å². The molecule has 1 N–H and O–H groups in total. The average molecular weight is 383 g/mol. The van der Waals surface area contributed by atoms with Gasteiger partial charge in [-0.15, -0.1) is 0 Å². The van der Waals surface area contributed by atoms with Crippen molar-refractivity contribution in [1.29, 1.82) is 0 Å². The molecule has 2 fully saturated rings. The Labute approximate surface area is 162 Å². The van der Waals surface area contributed by atoms with Crippen LogP contribution in [0.3, 0.4) is 0 Å². The van der Waals surface area contributed by atoms with E-state index in [1.54, 1.807) is 36.3 Å². The summed E-state index contributed by atoms with van der Waals surface area (Å²) in [5.41, 5.74) is 0.0736. The number of likely N-dealkylation sites (tertiary alicyclic amines) is 1. The van der Waals surface area contributed by atoms with Gasteiger partial charge >= 0.3 is 0 Å². The number of non-ortho nitro benzene ring substituents is 1. The molecule has 2 saturated heterocycles. The van der Waals surface area contributed by atoms with E-state index in [1.165, 1.54) is 18.2 Å². The number of hydrogen-bond donors (Lipinski definition) is 1. The Kier molecular flexibility index (Phi) is 4.87. The second-order valence-corrected chi connectivity index (χ2v) is 7.10. The van der Waals surface area contributed by atoms with Crippen molar-refractivity contribution in [2.45, 2.75) is 0 Å². The fraction of sp³-hybridized carbons (Fsp3) is 0.350. The largest absolute Gasteiger partial charge is 0.497 e. The number of methoxy groups -OCH3 is 1. The number of nitro benzene ring substituents is 1. The van der Waals surface area contributed by atoms with Gasteiger partial charge in [0.2, 0.25) is 0 Å². The van der Waals surface area contributed by atoms with Crippen molar-refractivity contribution >= 4 is 11.6 Å². The van der Waals surface area contributed by atoms with E-state index in [4.69, 9.17) is 9.47 Å². The van der Waals surface area contributed by atoms with E-state index >= 15 is 0 Å². The molecule has 0 saturated carbocycles. The molecule has 2 aliphatic heterocycles. The molecule has 2 aromatic rings. The Morgan fingerprint density at radius 3 is 2.36 bits per heavy atom. The zero-order valence-electron chi connectivity index (χ0n) is 15.5. The molecular weight excluding hydrogens is 362 g/mol. The Bertz CT molecular complexity index is 887. The molecule has 28 heavy (non-hydrogen) atoms. The van der Waals surface area contributed by atoms with Crippen LogP contribution in [0.2, 0.25) is 0 Å². The zero-order chi connectivity index (χ0) is 19.7. The zero-order valence-corrected chi connectivity index (χ0v) is 15.5. The topological polar surface area (TPSA) is 93.9 Å². The van der Waals surface area contributed by atoms with Gasteiger partial charge in [0.1, 0.15) is 17.2 Å². The first-order valence-electron chi connectivity index (χ1n) is 9.15. The highest BCUT2D eigenvalue weighted by Crippen LogP contribution is 2.33. The smallest absolute Gasteiger partial charge is 0.270 e. The van der Waals surface area contributed by atoms with Gasteiger partial charge in [-0.05, 0) is 42.2 Å². The van der Waals surface area contributed by atoms with E-state index in [1.807, 2.05) is 0 Å². The van der Waals surface area contributed by atoms with Gasteiger partial charge in [-0.3, -0.25) is 14.9 Å². The molecule has 8 nitrogen and oxygen atoms in total. The monoisotopic (exact) mass is 383 g/mol. The predicted molar refractivity (Wildman–Crippen MR) is 102 cm³/mol. The Morgan fingerprint density at radius 1 is 1.11 bits per heavy atom. The molecule has 2 atom stereocenters. The van der Waals surface area contributed by atoms with E-state index in [-0.39, 0.29) is 17.2 Å².